The minimum absolute atomic E-state index is 0. The van der Waals surface area contributed by atoms with Crippen LogP contribution in [0.15, 0.2) is 10.4 Å². The molecule has 0 bridgehead atoms. The summed E-state index contributed by atoms with van der Waals surface area (Å²) in [5.74, 6) is 1.54. The van der Waals surface area contributed by atoms with Gasteiger partial charge in [-0.25, -0.2) is 4.98 Å². The second kappa shape index (κ2) is 7.86. The average Bonchev–Trinajstić information content (AvgIpc) is 2.93. The highest BCUT2D eigenvalue weighted by Crippen LogP contribution is 2.51. The molecule has 1 N–H and O–H groups in total. The number of ether oxygens (including phenoxy) is 1. The fourth-order valence-corrected chi connectivity index (χ4v) is 4.70. The number of hydrogen-bond donors (Lipinski definition) is 1. The van der Waals surface area contributed by atoms with Crippen LogP contribution in [0.3, 0.4) is 0 Å². The number of guanidine groups is 1. The summed E-state index contributed by atoms with van der Waals surface area (Å²) in [4.78, 5) is 11.2. The number of halogens is 1. The molecule has 0 aromatic carbocycles. The predicted octanol–water partition coefficient (Wildman–Crippen LogP) is 3.28. The third kappa shape index (κ3) is 3.72. The van der Waals surface area contributed by atoms with Gasteiger partial charge in [-0.1, -0.05) is 13.8 Å². The van der Waals surface area contributed by atoms with Gasteiger partial charge in [-0.15, -0.1) is 35.3 Å². The van der Waals surface area contributed by atoms with Crippen molar-refractivity contribution >= 4 is 41.3 Å². The van der Waals surface area contributed by atoms with Crippen molar-refractivity contribution in [1.82, 2.24) is 15.2 Å². The molecular formula is C17H29IN4OS. The van der Waals surface area contributed by atoms with Crippen LogP contribution in [0.2, 0.25) is 0 Å². The summed E-state index contributed by atoms with van der Waals surface area (Å²) in [6.07, 6.45) is 2.80. The Bertz CT molecular complexity index is 589. The van der Waals surface area contributed by atoms with Crippen molar-refractivity contribution in [2.75, 3.05) is 20.7 Å². The van der Waals surface area contributed by atoms with Crippen molar-refractivity contribution in [3.05, 3.63) is 16.1 Å². The zero-order valence-corrected chi connectivity index (χ0v) is 18.4. The molecule has 0 spiro atoms. The molecule has 1 aromatic rings. The monoisotopic (exact) mass is 464 g/mol. The van der Waals surface area contributed by atoms with E-state index in [-0.39, 0.29) is 29.4 Å². The quantitative estimate of drug-likeness (QED) is 0.424. The number of hydrogen-bond acceptors (Lipinski definition) is 4. The summed E-state index contributed by atoms with van der Waals surface area (Å²) in [5.41, 5.74) is 1.25. The molecule has 3 atom stereocenters. The van der Waals surface area contributed by atoms with Crippen LogP contribution in [0, 0.1) is 18.3 Å². The Labute approximate surface area is 166 Å². The van der Waals surface area contributed by atoms with Gasteiger partial charge in [0.25, 0.3) is 0 Å². The van der Waals surface area contributed by atoms with Gasteiger partial charge in [-0.3, -0.25) is 4.99 Å². The van der Waals surface area contributed by atoms with Gasteiger partial charge in [0.15, 0.2) is 5.96 Å². The lowest BCUT2D eigenvalue weighted by atomic mass is 9.55. The second-order valence-electron chi connectivity index (χ2n) is 7.30. The zero-order chi connectivity index (χ0) is 16.6. The van der Waals surface area contributed by atoms with Crippen molar-refractivity contribution in [2.24, 2.45) is 16.3 Å². The van der Waals surface area contributed by atoms with E-state index in [9.17, 15) is 0 Å². The minimum Gasteiger partial charge on any atom is -0.377 e. The molecule has 1 saturated carbocycles. The molecule has 136 valence electrons. The summed E-state index contributed by atoms with van der Waals surface area (Å²) in [6, 6.07) is 0.422. The van der Waals surface area contributed by atoms with E-state index >= 15 is 0 Å². The number of thiazole rings is 1. The van der Waals surface area contributed by atoms with Gasteiger partial charge in [0, 0.05) is 43.5 Å². The lowest BCUT2D eigenvalue weighted by Gasteiger charge is -2.60. The molecule has 3 unspecified atom stereocenters. The predicted molar refractivity (Wildman–Crippen MR) is 110 cm³/mol. The first kappa shape index (κ1) is 19.9. The Morgan fingerprint density at radius 2 is 2.29 bits per heavy atom. The van der Waals surface area contributed by atoms with E-state index in [1.807, 2.05) is 14.0 Å². The Balaban J connectivity index is 0.00000208. The first-order valence-corrected chi connectivity index (χ1v) is 9.28. The Morgan fingerprint density at radius 1 is 1.54 bits per heavy atom. The highest BCUT2D eigenvalue weighted by molar-refractivity contribution is 14.0. The van der Waals surface area contributed by atoms with Gasteiger partial charge in [0.2, 0.25) is 0 Å². The summed E-state index contributed by atoms with van der Waals surface area (Å²) >= 11 is 1.70. The summed E-state index contributed by atoms with van der Waals surface area (Å²) in [5, 5.41) is 6.92. The second-order valence-corrected chi connectivity index (χ2v) is 8.36. The molecule has 0 amide bonds. The number of rotatable bonds is 3. The fraction of sp³-hybridized carbons (Fsp3) is 0.765. The van der Waals surface area contributed by atoms with Crippen LogP contribution in [0.5, 0.6) is 0 Å². The smallest absolute Gasteiger partial charge is 0.193 e. The van der Waals surface area contributed by atoms with Crippen LogP contribution in [0.25, 0.3) is 0 Å². The molecule has 2 heterocycles. The molecule has 2 fully saturated rings. The number of aromatic nitrogens is 1. The lowest BCUT2D eigenvalue weighted by molar-refractivity contribution is -0.188. The van der Waals surface area contributed by atoms with E-state index in [4.69, 9.17) is 4.74 Å². The van der Waals surface area contributed by atoms with Gasteiger partial charge in [-0.05, 0) is 19.8 Å². The zero-order valence-electron chi connectivity index (χ0n) is 15.2. The van der Waals surface area contributed by atoms with Crippen molar-refractivity contribution in [3.8, 4) is 0 Å². The van der Waals surface area contributed by atoms with Crippen molar-refractivity contribution < 1.29 is 4.74 Å². The van der Waals surface area contributed by atoms with Crippen LogP contribution in [0.1, 0.15) is 37.4 Å². The standard InChI is InChI=1S/C17H28N4OS.HI/c1-11-19-12(10-23-11)9-21(5)16(18-4)20-14-13-7-6-8-22-15(13)17(14,2)3;/h10,13-15H,6-9H2,1-5H3,(H,18,20);1H. The topological polar surface area (TPSA) is 49.8 Å². The third-order valence-corrected chi connectivity index (χ3v) is 6.08. The number of nitrogens with one attached hydrogen (secondary N) is 1. The van der Waals surface area contributed by atoms with E-state index in [2.05, 4.69) is 46.5 Å². The highest BCUT2D eigenvalue weighted by atomic mass is 127. The molecule has 5 nitrogen and oxygen atoms in total. The molecule has 1 saturated heterocycles. The Hall–Kier alpha value is -0.410. The van der Waals surface area contributed by atoms with E-state index < -0.39 is 0 Å². The van der Waals surface area contributed by atoms with Crippen molar-refractivity contribution in [2.45, 2.75) is 52.3 Å². The van der Waals surface area contributed by atoms with Gasteiger partial charge in [-0.2, -0.15) is 0 Å². The van der Waals surface area contributed by atoms with Crippen molar-refractivity contribution in [3.63, 3.8) is 0 Å². The molecule has 1 aromatic heterocycles. The number of aryl methyl sites for hydroxylation is 1. The van der Waals surface area contributed by atoms with Crippen LogP contribution in [-0.2, 0) is 11.3 Å². The SMILES string of the molecule is CN=C(NC1C2CCCOC2C1(C)C)N(C)Cc1csc(C)n1.I. The van der Waals surface area contributed by atoms with Gasteiger partial charge < -0.3 is 15.0 Å². The van der Waals surface area contributed by atoms with E-state index in [1.54, 1.807) is 11.3 Å². The fourth-order valence-electron chi connectivity index (χ4n) is 4.10. The molecule has 7 heteroatoms. The van der Waals surface area contributed by atoms with Gasteiger partial charge in [0.05, 0.1) is 23.4 Å². The Morgan fingerprint density at radius 3 is 2.92 bits per heavy atom. The first-order valence-electron chi connectivity index (χ1n) is 8.40. The van der Waals surface area contributed by atoms with Crippen LogP contribution in [-0.4, -0.2) is 48.7 Å². The first-order chi connectivity index (χ1) is 10.9. The van der Waals surface area contributed by atoms with E-state index in [1.165, 1.54) is 12.8 Å². The molecule has 1 aliphatic heterocycles. The maximum Gasteiger partial charge on any atom is 0.193 e. The van der Waals surface area contributed by atoms with Crippen LogP contribution in [0.4, 0.5) is 0 Å². The molecule has 1 aliphatic carbocycles. The molecule has 3 rings (SSSR count). The molecular weight excluding hydrogens is 435 g/mol. The van der Waals surface area contributed by atoms with Gasteiger partial charge >= 0.3 is 0 Å². The maximum atomic E-state index is 5.99. The summed E-state index contributed by atoms with van der Waals surface area (Å²) in [7, 11) is 3.93. The lowest BCUT2D eigenvalue weighted by Crippen LogP contribution is -2.71. The largest absolute Gasteiger partial charge is 0.377 e. The summed E-state index contributed by atoms with van der Waals surface area (Å²) in [6.45, 7) is 8.33. The Kier molecular flexibility index (Phi) is 6.52. The molecule has 24 heavy (non-hydrogen) atoms. The highest BCUT2D eigenvalue weighted by Gasteiger charge is 2.58. The average molecular weight is 464 g/mol. The van der Waals surface area contributed by atoms with Crippen LogP contribution >= 0.6 is 35.3 Å². The molecule has 0 radical (unpaired) electrons. The maximum absolute atomic E-state index is 5.99. The normalized spacial score (nSPS) is 28.4. The van der Waals surface area contributed by atoms with E-state index in [0.29, 0.717) is 18.1 Å². The van der Waals surface area contributed by atoms with Crippen molar-refractivity contribution in [1.29, 1.82) is 0 Å². The number of nitrogens with zero attached hydrogens (tertiary/aromatic N) is 3. The number of fused-ring (bicyclic) bond motifs is 1. The minimum atomic E-state index is 0. The molecule has 2 aliphatic rings. The van der Waals surface area contributed by atoms with Gasteiger partial charge in [0.1, 0.15) is 0 Å². The summed E-state index contributed by atoms with van der Waals surface area (Å²) < 4.78 is 5.99. The third-order valence-electron chi connectivity index (χ3n) is 5.25. The number of aliphatic imine (C=N–C) groups is 1. The van der Waals surface area contributed by atoms with Crippen LogP contribution < -0.4 is 5.32 Å². The van der Waals surface area contributed by atoms with E-state index in [0.717, 1.165) is 29.8 Å².